The van der Waals surface area contributed by atoms with E-state index in [9.17, 15) is 24.5 Å². The highest BCUT2D eigenvalue weighted by Crippen LogP contribution is 2.23. The number of nitrogens with one attached hydrogen (secondary N) is 2. The molecule has 13 heteroatoms. The van der Waals surface area contributed by atoms with E-state index >= 15 is 0 Å². The first-order chi connectivity index (χ1) is 14.9. The molecule has 0 fully saturated rings. The number of hydrogen-bond acceptors (Lipinski definition) is 9. The van der Waals surface area contributed by atoms with E-state index in [-0.39, 0.29) is 29.2 Å². The number of amides is 2. The maximum absolute atomic E-state index is 12.4. The molecule has 0 atom stereocenters. The first-order valence-electron chi connectivity index (χ1n) is 8.74. The van der Waals surface area contributed by atoms with Gasteiger partial charge < -0.3 is 15.4 Å². The van der Waals surface area contributed by atoms with Gasteiger partial charge in [0.05, 0.1) is 16.2 Å². The Bertz CT molecular complexity index is 1120. The van der Waals surface area contributed by atoms with Crippen molar-refractivity contribution in [2.45, 2.75) is 6.54 Å². The van der Waals surface area contributed by atoms with E-state index in [2.05, 4.69) is 26.2 Å². The van der Waals surface area contributed by atoms with Gasteiger partial charge in [-0.2, -0.15) is 0 Å². The molecule has 0 saturated carbocycles. The molecule has 2 N–H and O–H groups in total. The minimum absolute atomic E-state index is 0.0195. The Morgan fingerprint density at radius 2 is 1.68 bits per heavy atom. The molecule has 0 saturated heterocycles. The van der Waals surface area contributed by atoms with Crippen LogP contribution in [-0.4, -0.2) is 49.5 Å². The molecule has 2 amide bonds. The lowest BCUT2D eigenvalue weighted by Crippen LogP contribution is -2.23. The van der Waals surface area contributed by atoms with Crippen molar-refractivity contribution in [1.29, 1.82) is 0 Å². The Morgan fingerprint density at radius 3 is 2.39 bits per heavy atom. The molecule has 0 aliphatic rings. The third-order valence-electron chi connectivity index (χ3n) is 3.83. The number of ether oxygens (including phenoxy) is 1. The maximum atomic E-state index is 12.4. The zero-order chi connectivity index (χ0) is 22.2. The van der Waals surface area contributed by atoms with E-state index in [0.717, 1.165) is 0 Å². The van der Waals surface area contributed by atoms with Crippen LogP contribution in [0.25, 0.3) is 0 Å². The molecule has 158 valence electrons. The van der Waals surface area contributed by atoms with Gasteiger partial charge in [-0.15, -0.1) is 5.10 Å². The van der Waals surface area contributed by atoms with Crippen LogP contribution in [0.5, 0.6) is 0 Å². The van der Waals surface area contributed by atoms with Crippen molar-refractivity contribution in [3.05, 3.63) is 70.5 Å². The third kappa shape index (κ3) is 5.66. The number of hydrogen-bond donors (Lipinski definition) is 2. The van der Waals surface area contributed by atoms with Gasteiger partial charge in [-0.3, -0.25) is 19.7 Å². The fraction of sp³-hybridized carbons (Fsp3) is 0.111. The Labute approximate surface area is 174 Å². The van der Waals surface area contributed by atoms with Crippen molar-refractivity contribution >= 4 is 34.8 Å². The molecule has 0 aliphatic carbocycles. The maximum Gasteiger partial charge on any atom is 0.340 e. The predicted octanol–water partition coefficient (Wildman–Crippen LogP) is 1.02. The van der Waals surface area contributed by atoms with Crippen LogP contribution in [0.15, 0.2) is 54.9 Å². The van der Waals surface area contributed by atoms with Crippen LogP contribution in [0.1, 0.15) is 10.4 Å². The Balaban J connectivity index is 1.60. The number of esters is 1. The van der Waals surface area contributed by atoms with Crippen LogP contribution in [0, 0.1) is 10.1 Å². The second kappa shape index (κ2) is 9.69. The standard InChI is InChI=1S/C18H15N7O6/c26-16(9-24-11-19-22-23-24)20-13-6-2-1-5-12(13)18(28)31-10-17(27)21-14-7-3-4-8-15(14)25(29)30/h1-8,11H,9-10H2,(H,20,26)(H,21,27). The summed E-state index contributed by atoms with van der Waals surface area (Å²) < 4.78 is 6.18. The number of tetrazole rings is 1. The van der Waals surface area contributed by atoms with E-state index in [4.69, 9.17) is 4.74 Å². The third-order valence-corrected chi connectivity index (χ3v) is 3.83. The van der Waals surface area contributed by atoms with Gasteiger partial charge in [0.2, 0.25) is 5.91 Å². The summed E-state index contributed by atoms with van der Waals surface area (Å²) >= 11 is 0. The highest BCUT2D eigenvalue weighted by atomic mass is 16.6. The number of nitro benzene ring substituents is 1. The number of nitrogens with zero attached hydrogens (tertiary/aromatic N) is 5. The number of carbonyl (C=O) groups is 3. The van der Waals surface area contributed by atoms with Gasteiger partial charge in [-0.1, -0.05) is 24.3 Å². The molecule has 0 radical (unpaired) electrons. The summed E-state index contributed by atoms with van der Waals surface area (Å²) in [4.78, 5) is 46.9. The Morgan fingerprint density at radius 1 is 1.00 bits per heavy atom. The summed E-state index contributed by atoms with van der Waals surface area (Å²) in [5, 5.41) is 26.3. The van der Waals surface area contributed by atoms with E-state index in [1.807, 2.05) is 0 Å². The number of nitro groups is 1. The monoisotopic (exact) mass is 425 g/mol. The van der Waals surface area contributed by atoms with Gasteiger partial charge in [0, 0.05) is 6.07 Å². The van der Waals surface area contributed by atoms with Gasteiger partial charge in [0.25, 0.3) is 11.6 Å². The highest BCUT2D eigenvalue weighted by molar-refractivity contribution is 6.02. The topological polar surface area (TPSA) is 171 Å². The van der Waals surface area contributed by atoms with Gasteiger partial charge in [-0.05, 0) is 28.6 Å². The molecule has 0 bridgehead atoms. The largest absolute Gasteiger partial charge is 0.452 e. The Hall–Kier alpha value is -4.68. The van der Waals surface area contributed by atoms with Gasteiger partial charge in [-0.25, -0.2) is 9.48 Å². The molecule has 13 nitrogen and oxygen atoms in total. The SMILES string of the molecule is O=C(Cn1cnnn1)Nc1ccccc1C(=O)OCC(=O)Nc1ccccc1[N+](=O)[O-]. The number of rotatable bonds is 8. The Kier molecular flexibility index (Phi) is 6.57. The van der Waals surface area contributed by atoms with Gasteiger partial charge in [0.1, 0.15) is 18.6 Å². The molecular weight excluding hydrogens is 410 g/mol. The van der Waals surface area contributed by atoms with E-state index < -0.39 is 29.3 Å². The van der Waals surface area contributed by atoms with E-state index in [0.29, 0.717) is 0 Å². The number of aromatic nitrogens is 4. The summed E-state index contributed by atoms with van der Waals surface area (Å²) in [7, 11) is 0. The summed E-state index contributed by atoms with van der Waals surface area (Å²) in [5.74, 6) is -2.11. The van der Waals surface area contributed by atoms with Crippen LogP contribution in [0.2, 0.25) is 0 Å². The average Bonchev–Trinajstić information content (AvgIpc) is 3.25. The lowest BCUT2D eigenvalue weighted by molar-refractivity contribution is -0.383. The first-order valence-corrected chi connectivity index (χ1v) is 8.74. The van der Waals surface area contributed by atoms with Crippen molar-refractivity contribution in [2.24, 2.45) is 0 Å². The van der Waals surface area contributed by atoms with Crippen LogP contribution in [-0.2, 0) is 20.9 Å². The smallest absolute Gasteiger partial charge is 0.340 e. The average molecular weight is 425 g/mol. The highest BCUT2D eigenvalue weighted by Gasteiger charge is 2.18. The van der Waals surface area contributed by atoms with Crippen LogP contribution < -0.4 is 10.6 Å². The molecule has 1 heterocycles. The second-order valence-electron chi connectivity index (χ2n) is 6.00. The second-order valence-corrected chi connectivity index (χ2v) is 6.00. The van der Waals surface area contributed by atoms with E-state index in [1.165, 1.54) is 47.4 Å². The van der Waals surface area contributed by atoms with Crippen molar-refractivity contribution in [2.75, 3.05) is 17.2 Å². The van der Waals surface area contributed by atoms with Crippen LogP contribution in [0.3, 0.4) is 0 Å². The molecule has 0 unspecified atom stereocenters. The fourth-order valence-corrected chi connectivity index (χ4v) is 2.49. The molecular formula is C18H15N7O6. The molecule has 0 spiro atoms. The summed E-state index contributed by atoms with van der Waals surface area (Å²) in [6.07, 6.45) is 1.26. The van der Waals surface area contributed by atoms with E-state index in [1.54, 1.807) is 12.1 Å². The number of benzene rings is 2. The minimum Gasteiger partial charge on any atom is -0.452 e. The molecule has 31 heavy (non-hydrogen) atoms. The predicted molar refractivity (Wildman–Crippen MR) is 105 cm³/mol. The van der Waals surface area contributed by atoms with Gasteiger partial charge >= 0.3 is 5.97 Å². The number of anilines is 2. The molecule has 3 aromatic rings. The van der Waals surface area contributed by atoms with Gasteiger partial charge in [0.15, 0.2) is 6.61 Å². The van der Waals surface area contributed by atoms with Crippen molar-refractivity contribution in [1.82, 2.24) is 20.2 Å². The van der Waals surface area contributed by atoms with Crippen LogP contribution in [0.4, 0.5) is 17.1 Å². The van der Waals surface area contributed by atoms with Crippen molar-refractivity contribution in [3.63, 3.8) is 0 Å². The minimum atomic E-state index is -0.865. The van der Waals surface area contributed by atoms with Crippen molar-refractivity contribution in [3.8, 4) is 0 Å². The zero-order valence-electron chi connectivity index (χ0n) is 15.8. The molecule has 3 rings (SSSR count). The quantitative estimate of drug-likeness (QED) is 0.303. The number of para-hydroxylation sites is 3. The number of carbonyl (C=O) groups excluding carboxylic acids is 3. The normalized spacial score (nSPS) is 10.2. The van der Waals surface area contributed by atoms with Crippen LogP contribution >= 0.6 is 0 Å². The summed E-state index contributed by atoms with van der Waals surface area (Å²) in [6, 6.07) is 11.6. The first kappa shape index (κ1) is 21.0. The zero-order valence-corrected chi connectivity index (χ0v) is 15.8. The fourth-order valence-electron chi connectivity index (χ4n) is 2.49. The summed E-state index contributed by atoms with van der Waals surface area (Å²) in [5.41, 5.74) is -0.127. The molecule has 1 aromatic heterocycles. The van der Waals surface area contributed by atoms with Crippen molar-refractivity contribution < 1.29 is 24.0 Å². The lowest BCUT2D eigenvalue weighted by atomic mass is 10.2. The lowest BCUT2D eigenvalue weighted by Gasteiger charge is -2.11. The summed E-state index contributed by atoms with van der Waals surface area (Å²) in [6.45, 7) is -0.855. The molecule has 0 aliphatic heterocycles. The molecule has 2 aromatic carbocycles.